The Morgan fingerprint density at radius 2 is 1.73 bits per heavy atom. The van der Waals surface area contributed by atoms with Gasteiger partial charge in [0.1, 0.15) is 5.75 Å². The van der Waals surface area contributed by atoms with Gasteiger partial charge in [0.15, 0.2) is 0 Å². The molecule has 0 saturated heterocycles. The first-order valence-corrected chi connectivity index (χ1v) is 12.3. The molecule has 2 aromatic carbocycles. The summed E-state index contributed by atoms with van der Waals surface area (Å²) >= 11 is 0. The first-order valence-electron chi connectivity index (χ1n) is 12.3. The third-order valence-electron chi connectivity index (χ3n) is 7.61. The van der Waals surface area contributed by atoms with E-state index in [0.29, 0.717) is 18.8 Å². The molecule has 3 atom stereocenters. The Morgan fingerprint density at radius 3 is 2.36 bits per heavy atom. The second kappa shape index (κ2) is 9.34. The van der Waals surface area contributed by atoms with E-state index in [2.05, 4.69) is 39.0 Å². The molecule has 2 aromatic rings. The van der Waals surface area contributed by atoms with E-state index in [4.69, 9.17) is 9.47 Å². The number of ether oxygens (including phenoxy) is 2. The number of fused-ring (bicyclic) bond motifs is 5. The predicted octanol–water partition coefficient (Wildman–Crippen LogP) is 6.29. The van der Waals surface area contributed by atoms with Crippen LogP contribution in [0.4, 0.5) is 0 Å². The molecule has 2 bridgehead atoms. The fourth-order valence-corrected chi connectivity index (χ4v) is 5.62. The van der Waals surface area contributed by atoms with Crippen molar-refractivity contribution in [2.45, 2.75) is 76.7 Å². The molecule has 1 saturated carbocycles. The monoisotopic (exact) mass is 448 g/mol. The lowest BCUT2D eigenvalue weighted by Gasteiger charge is -2.41. The summed E-state index contributed by atoms with van der Waals surface area (Å²) in [6, 6.07) is 11.9. The molecule has 176 valence electrons. The Morgan fingerprint density at radius 1 is 1.06 bits per heavy atom. The third-order valence-corrected chi connectivity index (χ3v) is 7.61. The Labute approximate surface area is 197 Å². The zero-order valence-corrected chi connectivity index (χ0v) is 20.3. The van der Waals surface area contributed by atoms with E-state index < -0.39 is 0 Å². The normalized spacial score (nSPS) is 25.8. The van der Waals surface area contributed by atoms with Crippen molar-refractivity contribution in [2.24, 2.45) is 0 Å². The molecule has 4 rings (SSSR count). The second-order valence-corrected chi connectivity index (χ2v) is 9.90. The van der Waals surface area contributed by atoms with Gasteiger partial charge in [-0.3, -0.25) is 0 Å². The minimum absolute atomic E-state index is 0.212. The number of hydrogen-bond acceptors (Lipinski definition) is 4. The average Bonchev–Trinajstić information content (AvgIpc) is 2.89. The lowest BCUT2D eigenvalue weighted by Crippen LogP contribution is -2.46. The van der Waals surface area contributed by atoms with Gasteiger partial charge in [-0.1, -0.05) is 57.9 Å². The maximum absolute atomic E-state index is 11.9. The summed E-state index contributed by atoms with van der Waals surface area (Å²) in [5, 5.41) is 11.3. The van der Waals surface area contributed by atoms with E-state index in [0.717, 1.165) is 49.0 Å². The van der Waals surface area contributed by atoms with Gasteiger partial charge in [-0.2, -0.15) is 0 Å². The zero-order chi connectivity index (χ0) is 23.6. The van der Waals surface area contributed by atoms with E-state index in [1.165, 1.54) is 11.1 Å². The van der Waals surface area contributed by atoms with E-state index in [-0.39, 0.29) is 22.9 Å². The standard InChI is InChI=1S/C29H36O4/c1-5-7-17-33-25-19-24-23(28(3)15-8-16-29(24,4)27(28)31)18-22(25)14-11-20-9-12-21(13-10-20)26(30)32-6-2/h9-14,18-19,27,31H,5-8,15-17H2,1-4H3/b14-11+. The van der Waals surface area contributed by atoms with Gasteiger partial charge in [-0.25, -0.2) is 4.79 Å². The average molecular weight is 449 g/mol. The highest BCUT2D eigenvalue weighted by Gasteiger charge is 2.57. The summed E-state index contributed by atoms with van der Waals surface area (Å²) in [6.45, 7) is 9.43. The fourth-order valence-electron chi connectivity index (χ4n) is 5.62. The van der Waals surface area contributed by atoms with E-state index >= 15 is 0 Å². The van der Waals surface area contributed by atoms with Crippen LogP contribution in [0.1, 0.15) is 92.4 Å². The molecule has 1 N–H and O–H groups in total. The maximum Gasteiger partial charge on any atom is 0.338 e. The summed E-state index contributed by atoms with van der Waals surface area (Å²) in [5.41, 5.74) is 4.67. The Bertz CT molecular complexity index is 1040. The third kappa shape index (κ3) is 4.21. The van der Waals surface area contributed by atoms with Gasteiger partial charge in [-0.05, 0) is 67.1 Å². The van der Waals surface area contributed by atoms with Crippen LogP contribution in [0.3, 0.4) is 0 Å². The molecule has 2 aliphatic rings. The van der Waals surface area contributed by atoms with E-state index in [9.17, 15) is 9.90 Å². The largest absolute Gasteiger partial charge is 0.493 e. The van der Waals surface area contributed by atoms with Crippen molar-refractivity contribution in [1.82, 2.24) is 0 Å². The van der Waals surface area contributed by atoms with Crippen molar-refractivity contribution in [3.63, 3.8) is 0 Å². The van der Waals surface area contributed by atoms with Crippen molar-refractivity contribution in [3.05, 3.63) is 64.2 Å². The van der Waals surface area contributed by atoms with Crippen molar-refractivity contribution in [3.8, 4) is 5.75 Å². The molecule has 0 aromatic heterocycles. The molecule has 2 aliphatic carbocycles. The lowest BCUT2D eigenvalue weighted by atomic mass is 9.66. The van der Waals surface area contributed by atoms with Crippen LogP contribution in [0.2, 0.25) is 0 Å². The second-order valence-electron chi connectivity index (χ2n) is 9.90. The van der Waals surface area contributed by atoms with Crippen LogP contribution >= 0.6 is 0 Å². The highest BCUT2D eigenvalue weighted by Crippen LogP contribution is 2.58. The minimum atomic E-state index is -0.369. The van der Waals surface area contributed by atoms with E-state index in [1.807, 2.05) is 18.2 Å². The maximum atomic E-state index is 11.9. The number of carbonyl (C=O) groups excluding carboxylic acids is 1. The lowest BCUT2D eigenvalue weighted by molar-refractivity contribution is 0.00835. The number of aliphatic hydroxyl groups excluding tert-OH is 1. The Balaban J connectivity index is 1.68. The molecular formula is C29H36O4. The topological polar surface area (TPSA) is 55.8 Å². The van der Waals surface area contributed by atoms with Crippen molar-refractivity contribution < 1.29 is 19.4 Å². The van der Waals surface area contributed by atoms with Crippen LogP contribution in [0.25, 0.3) is 12.2 Å². The molecular weight excluding hydrogens is 412 g/mol. The summed E-state index contributed by atoms with van der Waals surface area (Å²) < 4.78 is 11.3. The number of carbonyl (C=O) groups is 1. The number of hydrogen-bond donors (Lipinski definition) is 1. The van der Waals surface area contributed by atoms with Crippen LogP contribution in [0, 0.1) is 0 Å². The van der Waals surface area contributed by atoms with Crippen molar-refractivity contribution in [2.75, 3.05) is 13.2 Å². The Hall–Kier alpha value is -2.59. The molecule has 0 amide bonds. The van der Waals surface area contributed by atoms with Gasteiger partial charge in [0.25, 0.3) is 0 Å². The van der Waals surface area contributed by atoms with Crippen LogP contribution < -0.4 is 4.74 Å². The minimum Gasteiger partial charge on any atom is -0.493 e. The van der Waals surface area contributed by atoms with Crippen LogP contribution in [-0.4, -0.2) is 30.4 Å². The summed E-state index contributed by atoms with van der Waals surface area (Å²) in [5.74, 6) is 0.579. The van der Waals surface area contributed by atoms with Crippen LogP contribution in [0.5, 0.6) is 5.75 Å². The molecule has 4 heteroatoms. The van der Waals surface area contributed by atoms with Crippen molar-refractivity contribution >= 4 is 18.1 Å². The van der Waals surface area contributed by atoms with Crippen LogP contribution in [0.15, 0.2) is 36.4 Å². The first-order chi connectivity index (χ1) is 15.8. The number of aliphatic hydroxyl groups is 1. The quantitative estimate of drug-likeness (QED) is 0.293. The predicted molar refractivity (Wildman–Crippen MR) is 133 cm³/mol. The molecule has 0 aliphatic heterocycles. The van der Waals surface area contributed by atoms with Gasteiger partial charge in [0.05, 0.1) is 24.9 Å². The summed E-state index contributed by atoms with van der Waals surface area (Å²) in [6.07, 6.45) is 8.99. The van der Waals surface area contributed by atoms with Crippen molar-refractivity contribution in [1.29, 1.82) is 0 Å². The van der Waals surface area contributed by atoms with Gasteiger partial charge in [0.2, 0.25) is 0 Å². The van der Waals surface area contributed by atoms with Gasteiger partial charge >= 0.3 is 5.97 Å². The fraction of sp³-hybridized carbons (Fsp3) is 0.483. The highest BCUT2D eigenvalue weighted by molar-refractivity contribution is 5.89. The van der Waals surface area contributed by atoms with Gasteiger partial charge < -0.3 is 14.6 Å². The molecule has 0 spiro atoms. The van der Waals surface area contributed by atoms with Gasteiger partial charge in [-0.15, -0.1) is 0 Å². The summed E-state index contributed by atoms with van der Waals surface area (Å²) in [7, 11) is 0. The Kier molecular flexibility index (Phi) is 6.67. The van der Waals surface area contributed by atoms with E-state index in [1.54, 1.807) is 19.1 Å². The molecule has 33 heavy (non-hydrogen) atoms. The molecule has 1 fully saturated rings. The molecule has 3 unspecified atom stereocenters. The SMILES string of the molecule is CCCCOc1cc2c(cc1/C=C/c1ccc(C(=O)OCC)cc1)C1(C)CCCC2(C)C1O. The summed E-state index contributed by atoms with van der Waals surface area (Å²) in [4.78, 5) is 11.9. The number of esters is 1. The number of rotatable bonds is 8. The zero-order valence-electron chi connectivity index (χ0n) is 20.3. The van der Waals surface area contributed by atoms with Gasteiger partial charge in [0, 0.05) is 16.4 Å². The smallest absolute Gasteiger partial charge is 0.338 e. The highest BCUT2D eigenvalue weighted by atomic mass is 16.5. The first kappa shape index (κ1) is 23.6. The number of benzene rings is 2. The number of unbranched alkanes of at least 4 members (excludes halogenated alkanes) is 1. The molecule has 0 radical (unpaired) electrons. The molecule has 4 nitrogen and oxygen atoms in total. The molecule has 0 heterocycles. The van der Waals surface area contributed by atoms with Crippen LogP contribution in [-0.2, 0) is 15.6 Å².